The summed E-state index contributed by atoms with van der Waals surface area (Å²) in [6, 6.07) is 7.39. The van der Waals surface area contributed by atoms with Gasteiger partial charge in [0.2, 0.25) is 5.89 Å². The van der Waals surface area contributed by atoms with Gasteiger partial charge in [0.1, 0.15) is 6.61 Å². The zero-order valence-corrected chi connectivity index (χ0v) is 13.3. The average Bonchev–Trinajstić information content (AvgIpc) is 3.13. The van der Waals surface area contributed by atoms with Crippen LogP contribution in [-0.4, -0.2) is 24.9 Å². The van der Waals surface area contributed by atoms with Gasteiger partial charge in [0.25, 0.3) is 0 Å². The van der Waals surface area contributed by atoms with Gasteiger partial charge in [-0.2, -0.15) is 0 Å². The summed E-state index contributed by atoms with van der Waals surface area (Å²) in [6.07, 6.45) is 1.69. The summed E-state index contributed by atoms with van der Waals surface area (Å²) in [5.74, 6) is 2.35. The average molecular weight is 337 g/mol. The molecular formula is C14H13ClN4O2S. The number of hydrogen-bond acceptors (Lipinski definition) is 6. The third kappa shape index (κ3) is 3.16. The van der Waals surface area contributed by atoms with Crippen molar-refractivity contribution in [2.45, 2.75) is 17.5 Å². The lowest BCUT2D eigenvalue weighted by atomic mass is 10.2. The fourth-order valence-electron chi connectivity index (χ4n) is 1.86. The molecule has 3 aromatic rings. The van der Waals surface area contributed by atoms with Crippen molar-refractivity contribution < 1.29 is 9.52 Å². The van der Waals surface area contributed by atoms with Crippen LogP contribution in [0.5, 0.6) is 0 Å². The van der Waals surface area contributed by atoms with Crippen molar-refractivity contribution in [1.82, 2.24) is 19.7 Å². The van der Waals surface area contributed by atoms with Gasteiger partial charge in [-0.05, 0) is 24.3 Å². The molecule has 1 aromatic carbocycles. The van der Waals surface area contributed by atoms with Crippen molar-refractivity contribution in [1.29, 1.82) is 0 Å². The Morgan fingerprint density at radius 3 is 2.73 bits per heavy atom. The van der Waals surface area contributed by atoms with E-state index in [9.17, 15) is 0 Å². The number of aliphatic hydroxyl groups excluding tert-OH is 1. The number of nitrogens with zero attached hydrogens (tertiary/aromatic N) is 4. The lowest BCUT2D eigenvalue weighted by Crippen LogP contribution is -1.98. The molecule has 0 unspecified atom stereocenters. The van der Waals surface area contributed by atoms with Crippen LogP contribution in [0.15, 0.2) is 40.0 Å². The molecule has 2 heterocycles. The van der Waals surface area contributed by atoms with Crippen molar-refractivity contribution in [2.75, 3.05) is 0 Å². The van der Waals surface area contributed by atoms with Gasteiger partial charge in [0, 0.05) is 17.6 Å². The zero-order valence-electron chi connectivity index (χ0n) is 11.7. The van der Waals surface area contributed by atoms with Crippen LogP contribution in [0.25, 0.3) is 11.3 Å². The van der Waals surface area contributed by atoms with E-state index >= 15 is 0 Å². The smallest absolute Gasteiger partial charge is 0.205 e. The molecule has 22 heavy (non-hydrogen) atoms. The maximum Gasteiger partial charge on any atom is 0.205 e. The molecule has 114 valence electrons. The molecule has 2 aromatic heterocycles. The van der Waals surface area contributed by atoms with Gasteiger partial charge in [-0.15, -0.1) is 10.2 Å². The van der Waals surface area contributed by atoms with Gasteiger partial charge < -0.3 is 14.1 Å². The maximum absolute atomic E-state index is 9.09. The number of aliphatic hydroxyl groups is 1. The summed E-state index contributed by atoms with van der Waals surface area (Å²) in [7, 11) is 1.81. The fraction of sp³-hybridized carbons (Fsp3) is 0.214. The van der Waals surface area contributed by atoms with Gasteiger partial charge in [-0.3, -0.25) is 0 Å². The van der Waals surface area contributed by atoms with Gasteiger partial charge in [-0.1, -0.05) is 23.4 Å². The minimum Gasteiger partial charge on any atom is -0.440 e. The molecule has 0 radical (unpaired) electrons. The van der Waals surface area contributed by atoms with Crippen LogP contribution in [-0.2, 0) is 19.4 Å². The van der Waals surface area contributed by atoms with Crippen molar-refractivity contribution in [3.8, 4) is 11.3 Å². The minimum atomic E-state index is -0.135. The summed E-state index contributed by atoms with van der Waals surface area (Å²) in [5.41, 5.74) is 0.925. The zero-order chi connectivity index (χ0) is 15.5. The molecule has 0 saturated heterocycles. The summed E-state index contributed by atoms with van der Waals surface area (Å²) in [6.45, 7) is -0.135. The van der Waals surface area contributed by atoms with Gasteiger partial charge >= 0.3 is 0 Å². The van der Waals surface area contributed by atoms with E-state index in [1.807, 2.05) is 31.3 Å². The standard InChI is InChI=1S/C14H13ClN4O2S/c1-19-12(7-20)17-18-14(19)22-8-13-16-6-11(21-13)9-2-4-10(15)5-3-9/h2-6,20H,7-8H2,1H3. The van der Waals surface area contributed by atoms with Crippen molar-refractivity contribution in [2.24, 2.45) is 7.05 Å². The highest BCUT2D eigenvalue weighted by Crippen LogP contribution is 2.25. The molecule has 0 aliphatic carbocycles. The molecule has 0 amide bonds. The van der Waals surface area contributed by atoms with E-state index < -0.39 is 0 Å². The number of aromatic nitrogens is 4. The molecule has 1 N–H and O–H groups in total. The van der Waals surface area contributed by atoms with Crippen molar-refractivity contribution in [3.05, 3.63) is 47.2 Å². The number of thioether (sulfide) groups is 1. The molecular weight excluding hydrogens is 324 g/mol. The Morgan fingerprint density at radius 2 is 2.05 bits per heavy atom. The molecule has 3 rings (SSSR count). The second-order valence-electron chi connectivity index (χ2n) is 4.53. The third-order valence-corrected chi connectivity index (χ3v) is 4.33. The molecule has 0 atom stereocenters. The number of benzene rings is 1. The van der Waals surface area contributed by atoms with Crippen LogP contribution in [0.3, 0.4) is 0 Å². The van der Waals surface area contributed by atoms with Crippen molar-refractivity contribution >= 4 is 23.4 Å². The molecule has 0 aliphatic heterocycles. The normalized spacial score (nSPS) is 11.0. The minimum absolute atomic E-state index is 0.135. The summed E-state index contributed by atoms with van der Waals surface area (Å²) >= 11 is 7.32. The van der Waals surface area contributed by atoms with Crippen LogP contribution in [0.4, 0.5) is 0 Å². The monoisotopic (exact) mass is 336 g/mol. The Kier molecular flexibility index (Phi) is 4.47. The second-order valence-corrected chi connectivity index (χ2v) is 5.91. The van der Waals surface area contributed by atoms with Crippen LogP contribution >= 0.6 is 23.4 Å². The van der Waals surface area contributed by atoms with Crippen LogP contribution in [0.1, 0.15) is 11.7 Å². The summed E-state index contributed by atoms with van der Waals surface area (Å²) in [5, 5.41) is 18.4. The Balaban J connectivity index is 1.69. The number of halogens is 1. The Labute approximate surface area is 136 Å². The maximum atomic E-state index is 9.09. The SMILES string of the molecule is Cn1c(CO)nnc1SCc1ncc(-c2ccc(Cl)cc2)o1. The van der Waals surface area contributed by atoms with Gasteiger partial charge in [-0.25, -0.2) is 4.98 Å². The highest BCUT2D eigenvalue weighted by molar-refractivity contribution is 7.98. The van der Waals surface area contributed by atoms with Crippen LogP contribution in [0.2, 0.25) is 5.02 Å². The lowest BCUT2D eigenvalue weighted by Gasteiger charge is -2.00. The van der Waals surface area contributed by atoms with Crippen molar-refractivity contribution in [3.63, 3.8) is 0 Å². The molecule has 0 saturated carbocycles. The van der Waals surface area contributed by atoms with Gasteiger partial charge in [0.15, 0.2) is 16.7 Å². The third-order valence-electron chi connectivity index (χ3n) is 3.07. The topological polar surface area (TPSA) is 77.0 Å². The lowest BCUT2D eigenvalue weighted by molar-refractivity contribution is 0.266. The van der Waals surface area contributed by atoms with E-state index in [0.29, 0.717) is 33.4 Å². The first-order valence-electron chi connectivity index (χ1n) is 6.50. The molecule has 0 aliphatic rings. The molecule has 0 spiro atoms. The van der Waals surface area contributed by atoms with Crippen LogP contribution in [0, 0.1) is 0 Å². The second kappa shape index (κ2) is 6.51. The number of rotatable bonds is 5. The number of hydrogen-bond donors (Lipinski definition) is 1. The largest absolute Gasteiger partial charge is 0.440 e. The first-order valence-corrected chi connectivity index (χ1v) is 7.86. The first kappa shape index (κ1) is 15.1. The number of oxazole rings is 1. The van der Waals surface area contributed by atoms with Gasteiger partial charge in [0.05, 0.1) is 11.9 Å². The van der Waals surface area contributed by atoms with Crippen LogP contribution < -0.4 is 0 Å². The first-order chi connectivity index (χ1) is 10.7. The molecule has 0 fully saturated rings. The quantitative estimate of drug-likeness (QED) is 0.722. The molecule has 0 bridgehead atoms. The predicted octanol–water partition coefficient (Wildman–Crippen LogP) is 2.91. The highest BCUT2D eigenvalue weighted by Gasteiger charge is 2.11. The van der Waals surface area contributed by atoms with E-state index in [0.717, 1.165) is 5.56 Å². The Morgan fingerprint density at radius 1 is 1.27 bits per heavy atom. The van der Waals surface area contributed by atoms with E-state index in [1.165, 1.54) is 11.8 Å². The predicted molar refractivity (Wildman–Crippen MR) is 83.4 cm³/mol. The highest BCUT2D eigenvalue weighted by atomic mass is 35.5. The van der Waals surface area contributed by atoms with E-state index in [4.69, 9.17) is 21.1 Å². The molecule has 8 heteroatoms. The van der Waals surface area contributed by atoms with E-state index in [2.05, 4.69) is 15.2 Å². The molecule has 6 nitrogen and oxygen atoms in total. The summed E-state index contributed by atoms with van der Waals surface area (Å²) in [4.78, 5) is 4.26. The van der Waals surface area contributed by atoms with E-state index in [1.54, 1.807) is 10.8 Å². The van der Waals surface area contributed by atoms with E-state index in [-0.39, 0.29) is 6.61 Å². The Hall–Kier alpha value is -1.83. The summed E-state index contributed by atoms with van der Waals surface area (Å²) < 4.78 is 7.47. The fourth-order valence-corrected chi connectivity index (χ4v) is 2.77. The Bertz CT molecular complexity index is 770.